The molecule has 0 aliphatic heterocycles. The lowest BCUT2D eigenvalue weighted by Crippen LogP contribution is -2.64. The number of benzene rings is 1. The van der Waals surface area contributed by atoms with E-state index < -0.39 is 18.0 Å². The molecule has 4 aliphatic carbocycles. The smallest absolute Gasteiger partial charge is 0.240 e. The SMILES string of the molecule is Cc1cc(O)cc(C)c1C[C@H](N)C(=O)N(C1C2CC3CC(C2)CC1C3)[C@H](C)C(N)=O. The van der Waals surface area contributed by atoms with Crippen LogP contribution in [-0.2, 0) is 16.0 Å². The molecule has 0 radical (unpaired) electrons. The minimum absolute atomic E-state index is 0.0702. The van der Waals surface area contributed by atoms with Gasteiger partial charge in [-0.2, -0.15) is 0 Å². The Balaban J connectivity index is 1.60. The molecule has 0 unspecified atom stereocenters. The molecule has 5 N–H and O–H groups in total. The maximum absolute atomic E-state index is 13.6. The van der Waals surface area contributed by atoms with E-state index >= 15 is 0 Å². The van der Waals surface area contributed by atoms with Crippen molar-refractivity contribution in [2.24, 2.45) is 35.1 Å². The van der Waals surface area contributed by atoms with Crippen LogP contribution in [0.1, 0.15) is 55.7 Å². The molecule has 164 valence electrons. The number of hydrogen-bond donors (Lipinski definition) is 3. The monoisotopic (exact) mass is 413 g/mol. The van der Waals surface area contributed by atoms with Crippen molar-refractivity contribution in [1.29, 1.82) is 0 Å². The summed E-state index contributed by atoms with van der Waals surface area (Å²) in [6, 6.07) is 2.06. The predicted octanol–water partition coefficient (Wildman–Crippen LogP) is 2.41. The van der Waals surface area contributed by atoms with E-state index in [1.807, 2.05) is 13.8 Å². The summed E-state index contributed by atoms with van der Waals surface area (Å²) in [5, 5.41) is 9.81. The average Bonchev–Trinajstić information content (AvgIpc) is 2.65. The molecular formula is C24H35N3O3. The first-order chi connectivity index (χ1) is 14.2. The van der Waals surface area contributed by atoms with Crippen molar-refractivity contribution in [3.8, 4) is 5.75 Å². The largest absolute Gasteiger partial charge is 0.508 e. The van der Waals surface area contributed by atoms with Crippen LogP contribution in [0.5, 0.6) is 5.75 Å². The van der Waals surface area contributed by atoms with Crippen molar-refractivity contribution in [2.75, 3.05) is 0 Å². The van der Waals surface area contributed by atoms with Gasteiger partial charge in [0.25, 0.3) is 0 Å². The summed E-state index contributed by atoms with van der Waals surface area (Å²) in [5.74, 6) is 2.03. The third kappa shape index (κ3) is 3.70. The van der Waals surface area contributed by atoms with E-state index in [9.17, 15) is 14.7 Å². The summed E-state index contributed by atoms with van der Waals surface area (Å²) >= 11 is 0. The second kappa shape index (κ2) is 7.88. The molecule has 1 aromatic rings. The molecule has 2 atom stereocenters. The average molecular weight is 414 g/mol. The molecule has 4 aliphatic rings. The number of nitrogens with zero attached hydrogens (tertiary/aromatic N) is 1. The number of primary amides is 1. The van der Waals surface area contributed by atoms with Gasteiger partial charge in [0.1, 0.15) is 11.8 Å². The zero-order valence-electron chi connectivity index (χ0n) is 18.3. The van der Waals surface area contributed by atoms with E-state index in [1.165, 1.54) is 6.42 Å². The first-order valence-corrected chi connectivity index (χ1v) is 11.3. The lowest BCUT2D eigenvalue weighted by Gasteiger charge is -2.58. The summed E-state index contributed by atoms with van der Waals surface area (Å²) in [5.41, 5.74) is 14.9. The summed E-state index contributed by atoms with van der Waals surface area (Å²) in [6.07, 6.45) is 6.32. The van der Waals surface area contributed by atoms with Crippen molar-refractivity contribution in [3.05, 3.63) is 28.8 Å². The van der Waals surface area contributed by atoms with Crippen LogP contribution in [0.15, 0.2) is 12.1 Å². The summed E-state index contributed by atoms with van der Waals surface area (Å²) in [7, 11) is 0. The zero-order valence-corrected chi connectivity index (χ0v) is 18.3. The highest BCUT2D eigenvalue weighted by atomic mass is 16.3. The molecule has 4 saturated carbocycles. The van der Waals surface area contributed by atoms with E-state index in [2.05, 4.69) is 0 Å². The summed E-state index contributed by atoms with van der Waals surface area (Å²) in [4.78, 5) is 27.6. The molecule has 5 rings (SSSR count). The highest BCUT2D eigenvalue weighted by Gasteiger charge is 2.52. The Labute approximate surface area is 179 Å². The minimum atomic E-state index is -0.745. The van der Waals surface area contributed by atoms with Crippen molar-refractivity contribution < 1.29 is 14.7 Å². The molecule has 2 amide bonds. The fourth-order valence-corrected chi connectivity index (χ4v) is 6.87. The molecule has 30 heavy (non-hydrogen) atoms. The number of carbonyl (C=O) groups excluding carboxylic acids is 2. The van der Waals surface area contributed by atoms with Crippen molar-refractivity contribution in [1.82, 2.24) is 4.90 Å². The van der Waals surface area contributed by atoms with Crippen molar-refractivity contribution in [2.45, 2.75) is 77.4 Å². The second-order valence-corrected chi connectivity index (χ2v) is 10.1. The molecule has 4 bridgehead atoms. The van der Waals surface area contributed by atoms with Crippen LogP contribution in [0.4, 0.5) is 0 Å². The first-order valence-electron chi connectivity index (χ1n) is 11.3. The third-order valence-corrected chi connectivity index (χ3v) is 8.00. The molecular weight excluding hydrogens is 378 g/mol. The standard InChI is InChI=1S/C24H35N3O3/c1-12-4-19(28)5-13(2)20(12)11-21(25)24(30)27(14(3)23(26)29)22-17-7-15-6-16(9-17)10-18(22)8-15/h4-5,14-18,21-22,28H,6-11,25H2,1-3H3,(H2,26,29)/t14-,15?,16?,17?,18?,21+,22?/m1/s1. The van der Waals surface area contributed by atoms with Crippen LogP contribution in [0.2, 0.25) is 0 Å². The number of rotatable bonds is 6. The maximum Gasteiger partial charge on any atom is 0.240 e. The Hall–Kier alpha value is -2.08. The molecule has 0 saturated heterocycles. The highest BCUT2D eigenvalue weighted by molar-refractivity contribution is 5.89. The molecule has 4 fully saturated rings. The van der Waals surface area contributed by atoms with Gasteiger partial charge in [-0.15, -0.1) is 0 Å². The zero-order chi connectivity index (χ0) is 21.7. The van der Waals surface area contributed by atoms with Crippen LogP contribution in [0.3, 0.4) is 0 Å². The number of phenolic OH excluding ortho intramolecular Hbond substituents is 1. The Morgan fingerprint density at radius 1 is 1.07 bits per heavy atom. The Morgan fingerprint density at radius 3 is 2.03 bits per heavy atom. The van der Waals surface area contributed by atoms with Crippen LogP contribution in [0.25, 0.3) is 0 Å². The van der Waals surface area contributed by atoms with E-state index in [4.69, 9.17) is 11.5 Å². The topological polar surface area (TPSA) is 110 Å². The predicted molar refractivity (Wildman–Crippen MR) is 116 cm³/mol. The van der Waals surface area contributed by atoms with Gasteiger partial charge in [0.05, 0.1) is 6.04 Å². The van der Waals surface area contributed by atoms with Gasteiger partial charge in [-0.1, -0.05) is 0 Å². The molecule has 0 aromatic heterocycles. The molecule has 0 spiro atoms. The summed E-state index contributed by atoms with van der Waals surface area (Å²) in [6.45, 7) is 5.58. The van der Waals surface area contributed by atoms with E-state index in [-0.39, 0.29) is 17.7 Å². The van der Waals surface area contributed by atoms with Gasteiger partial charge in [-0.05, 0) is 112 Å². The number of aryl methyl sites for hydroxylation is 2. The Bertz CT molecular complexity index is 801. The van der Waals surface area contributed by atoms with Gasteiger partial charge in [0, 0.05) is 6.04 Å². The van der Waals surface area contributed by atoms with E-state index in [1.54, 1.807) is 24.0 Å². The van der Waals surface area contributed by atoms with Crippen molar-refractivity contribution >= 4 is 11.8 Å². The fourth-order valence-electron chi connectivity index (χ4n) is 6.87. The van der Waals surface area contributed by atoms with Gasteiger partial charge in [-0.3, -0.25) is 9.59 Å². The van der Waals surface area contributed by atoms with Gasteiger partial charge in [0.2, 0.25) is 11.8 Å². The quantitative estimate of drug-likeness (QED) is 0.665. The van der Waals surface area contributed by atoms with Crippen LogP contribution < -0.4 is 11.5 Å². The normalized spacial score (nSPS) is 31.4. The molecule has 6 heteroatoms. The Morgan fingerprint density at radius 2 is 1.57 bits per heavy atom. The summed E-state index contributed by atoms with van der Waals surface area (Å²) < 4.78 is 0. The molecule has 1 aromatic carbocycles. The number of phenols is 1. The lowest BCUT2D eigenvalue weighted by molar-refractivity contribution is -0.153. The van der Waals surface area contributed by atoms with Crippen LogP contribution in [0, 0.1) is 37.5 Å². The van der Waals surface area contributed by atoms with E-state index in [0.717, 1.165) is 54.2 Å². The van der Waals surface area contributed by atoms with Gasteiger partial charge in [-0.25, -0.2) is 0 Å². The highest BCUT2D eigenvalue weighted by Crippen LogP contribution is 2.55. The third-order valence-electron chi connectivity index (χ3n) is 8.00. The van der Waals surface area contributed by atoms with E-state index in [0.29, 0.717) is 18.3 Å². The number of aromatic hydroxyl groups is 1. The van der Waals surface area contributed by atoms with Gasteiger partial charge >= 0.3 is 0 Å². The second-order valence-electron chi connectivity index (χ2n) is 10.1. The molecule has 0 heterocycles. The number of carbonyl (C=O) groups is 2. The maximum atomic E-state index is 13.6. The fraction of sp³-hybridized carbons (Fsp3) is 0.667. The van der Waals surface area contributed by atoms with Gasteiger partial charge < -0.3 is 21.5 Å². The first kappa shape index (κ1) is 21.2. The number of hydrogen-bond acceptors (Lipinski definition) is 4. The van der Waals surface area contributed by atoms with Crippen molar-refractivity contribution in [3.63, 3.8) is 0 Å². The lowest BCUT2D eigenvalue weighted by atomic mass is 9.53. The van der Waals surface area contributed by atoms with Gasteiger partial charge in [0.15, 0.2) is 0 Å². The van der Waals surface area contributed by atoms with Crippen LogP contribution in [-0.4, -0.2) is 39.9 Å². The minimum Gasteiger partial charge on any atom is -0.508 e. The number of nitrogens with two attached hydrogens (primary N) is 2. The Kier molecular flexibility index (Phi) is 5.56. The number of amides is 2. The van der Waals surface area contributed by atoms with Crippen LogP contribution >= 0.6 is 0 Å². The molecule has 6 nitrogen and oxygen atoms in total.